The molecular formula is C24H27ClN4O3S. The predicted octanol–water partition coefficient (Wildman–Crippen LogP) is 4.79. The summed E-state index contributed by atoms with van der Waals surface area (Å²) >= 11 is 7.84. The topological polar surface area (TPSA) is 86.1 Å². The summed E-state index contributed by atoms with van der Waals surface area (Å²) in [6, 6.07) is 14.0. The smallest absolute Gasteiger partial charge is 0.306 e. The Labute approximate surface area is 202 Å². The Morgan fingerprint density at radius 2 is 1.94 bits per heavy atom. The number of benzene rings is 2. The molecule has 33 heavy (non-hydrogen) atoms. The molecule has 0 aliphatic heterocycles. The van der Waals surface area contributed by atoms with Crippen LogP contribution in [0.3, 0.4) is 0 Å². The van der Waals surface area contributed by atoms with Gasteiger partial charge >= 0.3 is 5.97 Å². The summed E-state index contributed by atoms with van der Waals surface area (Å²) in [5.41, 5.74) is 4.25. The molecule has 9 heteroatoms. The van der Waals surface area contributed by atoms with Crippen LogP contribution in [0.1, 0.15) is 42.3 Å². The Morgan fingerprint density at radius 1 is 1.12 bits per heavy atom. The minimum atomic E-state index is -0.389. The van der Waals surface area contributed by atoms with Crippen molar-refractivity contribution in [2.75, 3.05) is 6.61 Å². The van der Waals surface area contributed by atoms with Gasteiger partial charge in [0.1, 0.15) is 0 Å². The molecule has 0 saturated carbocycles. The summed E-state index contributed by atoms with van der Waals surface area (Å²) in [6.45, 7) is 6.26. The highest BCUT2D eigenvalue weighted by Crippen LogP contribution is 2.28. The summed E-state index contributed by atoms with van der Waals surface area (Å²) in [5.74, 6) is 0.664. The van der Waals surface area contributed by atoms with Gasteiger partial charge in [-0.1, -0.05) is 59.3 Å². The van der Waals surface area contributed by atoms with Crippen LogP contribution in [0.5, 0.6) is 0 Å². The lowest BCUT2D eigenvalue weighted by Gasteiger charge is -2.14. The van der Waals surface area contributed by atoms with E-state index in [-0.39, 0.29) is 31.3 Å². The summed E-state index contributed by atoms with van der Waals surface area (Å²) in [4.78, 5) is 23.7. The quantitative estimate of drug-likeness (QED) is 0.327. The SMILES string of the molecule is CCOC(=O)CCC(=O)NCc1nnc(SCc2cccc(C)c2)n1-c1cc(Cl)ccc1C. The lowest BCUT2D eigenvalue weighted by Crippen LogP contribution is -2.25. The van der Waals surface area contributed by atoms with Crippen LogP contribution in [0.15, 0.2) is 47.6 Å². The van der Waals surface area contributed by atoms with E-state index < -0.39 is 0 Å². The van der Waals surface area contributed by atoms with Crippen LogP contribution in [0, 0.1) is 13.8 Å². The first-order valence-electron chi connectivity index (χ1n) is 10.7. The lowest BCUT2D eigenvalue weighted by atomic mass is 10.2. The number of hydrogen-bond acceptors (Lipinski definition) is 6. The molecule has 1 amide bonds. The number of aryl methyl sites for hydroxylation is 2. The molecule has 174 valence electrons. The molecule has 0 fully saturated rings. The summed E-state index contributed by atoms with van der Waals surface area (Å²) in [7, 11) is 0. The number of ether oxygens (including phenoxy) is 1. The largest absolute Gasteiger partial charge is 0.466 e. The van der Waals surface area contributed by atoms with Crippen molar-refractivity contribution >= 4 is 35.2 Å². The summed E-state index contributed by atoms with van der Waals surface area (Å²) < 4.78 is 6.79. The van der Waals surface area contributed by atoms with Crippen molar-refractivity contribution in [1.29, 1.82) is 0 Å². The molecule has 0 radical (unpaired) electrons. The van der Waals surface area contributed by atoms with E-state index in [1.807, 2.05) is 35.8 Å². The van der Waals surface area contributed by atoms with Gasteiger partial charge in [0.25, 0.3) is 0 Å². The first-order chi connectivity index (χ1) is 15.9. The fourth-order valence-electron chi connectivity index (χ4n) is 3.24. The van der Waals surface area contributed by atoms with Crippen molar-refractivity contribution in [2.24, 2.45) is 0 Å². The molecule has 7 nitrogen and oxygen atoms in total. The summed E-state index contributed by atoms with van der Waals surface area (Å²) in [6.07, 6.45) is 0.0927. The zero-order valence-corrected chi connectivity index (χ0v) is 20.5. The van der Waals surface area contributed by atoms with Gasteiger partial charge in [0, 0.05) is 17.2 Å². The number of carbonyl (C=O) groups excluding carboxylic acids is 2. The number of hydrogen-bond donors (Lipinski definition) is 1. The Kier molecular flexibility index (Phi) is 8.91. The average molecular weight is 487 g/mol. The molecule has 0 aliphatic carbocycles. The van der Waals surface area contributed by atoms with E-state index in [4.69, 9.17) is 16.3 Å². The second-order valence-corrected chi connectivity index (χ2v) is 8.90. The van der Waals surface area contributed by atoms with E-state index in [2.05, 4.69) is 40.6 Å². The van der Waals surface area contributed by atoms with Crippen molar-refractivity contribution in [2.45, 2.75) is 51.1 Å². The second kappa shape index (κ2) is 11.9. The van der Waals surface area contributed by atoms with Crippen LogP contribution in [-0.2, 0) is 26.6 Å². The first kappa shape index (κ1) is 24.8. The maximum absolute atomic E-state index is 12.2. The number of nitrogens with zero attached hydrogens (tertiary/aromatic N) is 3. The average Bonchev–Trinajstić information content (AvgIpc) is 3.19. The second-order valence-electron chi connectivity index (χ2n) is 7.52. The van der Waals surface area contributed by atoms with E-state index >= 15 is 0 Å². The van der Waals surface area contributed by atoms with Crippen molar-refractivity contribution in [3.8, 4) is 5.69 Å². The van der Waals surface area contributed by atoms with Crippen LogP contribution in [-0.4, -0.2) is 33.2 Å². The highest BCUT2D eigenvalue weighted by Gasteiger charge is 2.18. The minimum absolute atomic E-state index is 0.0390. The van der Waals surface area contributed by atoms with Crippen molar-refractivity contribution in [1.82, 2.24) is 20.1 Å². The minimum Gasteiger partial charge on any atom is -0.466 e. The molecule has 1 N–H and O–H groups in total. The number of halogens is 1. The number of carbonyl (C=O) groups is 2. The molecule has 0 unspecified atom stereocenters. The third-order valence-corrected chi connectivity index (χ3v) is 6.10. The molecule has 0 atom stereocenters. The molecule has 0 spiro atoms. The standard InChI is InChI=1S/C24H27ClN4O3S/c1-4-32-23(31)11-10-22(30)26-14-21-27-28-24(33-15-18-7-5-6-16(2)12-18)29(21)20-13-19(25)9-8-17(20)3/h5-9,12-13H,4,10-11,14-15H2,1-3H3,(H,26,30). The number of esters is 1. The Bertz CT molecular complexity index is 1130. The highest BCUT2D eigenvalue weighted by atomic mass is 35.5. The van der Waals surface area contributed by atoms with Gasteiger partial charge in [0.05, 0.1) is 25.3 Å². The van der Waals surface area contributed by atoms with Gasteiger partial charge in [-0.2, -0.15) is 0 Å². The van der Waals surface area contributed by atoms with Crippen molar-refractivity contribution in [3.05, 3.63) is 70.0 Å². The number of aromatic nitrogens is 3. The first-order valence-corrected chi connectivity index (χ1v) is 12.0. The molecule has 3 rings (SSSR count). The van der Waals surface area contributed by atoms with Crippen LogP contribution >= 0.6 is 23.4 Å². The van der Waals surface area contributed by atoms with E-state index in [9.17, 15) is 9.59 Å². The molecule has 1 aromatic heterocycles. The molecule has 0 aliphatic rings. The molecule has 0 bridgehead atoms. The number of rotatable bonds is 10. The monoisotopic (exact) mass is 486 g/mol. The summed E-state index contributed by atoms with van der Waals surface area (Å²) in [5, 5.41) is 12.8. The highest BCUT2D eigenvalue weighted by molar-refractivity contribution is 7.98. The third-order valence-electron chi connectivity index (χ3n) is 4.87. The zero-order valence-electron chi connectivity index (χ0n) is 18.9. The fraction of sp³-hybridized carbons (Fsp3) is 0.333. The Balaban J connectivity index is 1.79. The van der Waals surface area contributed by atoms with Crippen molar-refractivity contribution in [3.63, 3.8) is 0 Å². The van der Waals surface area contributed by atoms with Gasteiger partial charge in [-0.25, -0.2) is 0 Å². The van der Waals surface area contributed by atoms with Gasteiger partial charge in [-0.15, -0.1) is 10.2 Å². The van der Waals surface area contributed by atoms with Gasteiger partial charge < -0.3 is 10.1 Å². The normalized spacial score (nSPS) is 10.8. The number of nitrogens with one attached hydrogen (secondary N) is 1. The predicted molar refractivity (Wildman–Crippen MR) is 130 cm³/mol. The van der Waals surface area contributed by atoms with Gasteiger partial charge in [-0.05, 0) is 44.0 Å². The van der Waals surface area contributed by atoms with Crippen molar-refractivity contribution < 1.29 is 14.3 Å². The van der Waals surface area contributed by atoms with E-state index in [0.717, 1.165) is 17.0 Å². The van der Waals surface area contributed by atoms with Gasteiger partial charge in [0.2, 0.25) is 5.91 Å². The van der Waals surface area contributed by atoms with E-state index in [0.29, 0.717) is 22.6 Å². The maximum Gasteiger partial charge on any atom is 0.306 e. The van der Waals surface area contributed by atoms with E-state index in [1.165, 1.54) is 11.1 Å². The van der Waals surface area contributed by atoms with Crippen LogP contribution in [0.25, 0.3) is 5.69 Å². The molecular weight excluding hydrogens is 460 g/mol. The van der Waals surface area contributed by atoms with Gasteiger partial charge in [0.15, 0.2) is 11.0 Å². The number of amides is 1. The molecule has 2 aromatic carbocycles. The molecule has 0 saturated heterocycles. The molecule has 3 aromatic rings. The zero-order chi connectivity index (χ0) is 23.8. The number of thioether (sulfide) groups is 1. The van der Waals surface area contributed by atoms with Crippen LogP contribution in [0.4, 0.5) is 0 Å². The van der Waals surface area contributed by atoms with Gasteiger partial charge in [-0.3, -0.25) is 14.2 Å². The molecule has 1 heterocycles. The lowest BCUT2D eigenvalue weighted by molar-refractivity contribution is -0.144. The fourth-order valence-corrected chi connectivity index (χ4v) is 4.31. The van der Waals surface area contributed by atoms with Crippen LogP contribution < -0.4 is 5.32 Å². The maximum atomic E-state index is 12.2. The third kappa shape index (κ3) is 7.07. The van der Waals surface area contributed by atoms with E-state index in [1.54, 1.807) is 18.7 Å². The Hall–Kier alpha value is -2.84. The Morgan fingerprint density at radius 3 is 2.70 bits per heavy atom. The van der Waals surface area contributed by atoms with Crippen LogP contribution in [0.2, 0.25) is 5.02 Å².